The first-order valence-corrected chi connectivity index (χ1v) is 8.55. The van der Waals surface area contributed by atoms with Crippen molar-refractivity contribution >= 4 is 9.84 Å². The monoisotopic (exact) mass is 288 g/mol. The lowest BCUT2D eigenvalue weighted by atomic mass is 9.96. The summed E-state index contributed by atoms with van der Waals surface area (Å²) in [7, 11) is -2.86. The average Bonchev–Trinajstić information content (AvgIpc) is 2.75. The standard InChI is InChI=1S/C11H20N4O3S/c1-19(17,18)8-2-5-15-6-3-9(4-7-15)10-12-11(16)14-13-10/h9H,2-8H2,1H3,(H2,12,13,14,16). The smallest absolute Gasteiger partial charge is 0.303 e. The zero-order valence-corrected chi connectivity index (χ0v) is 11.9. The van der Waals surface area contributed by atoms with Gasteiger partial charge in [-0.05, 0) is 38.9 Å². The van der Waals surface area contributed by atoms with Gasteiger partial charge in [-0.25, -0.2) is 18.3 Å². The molecule has 0 unspecified atom stereocenters. The second-order valence-corrected chi connectivity index (χ2v) is 7.42. The predicted octanol–water partition coefficient (Wildman–Crippen LogP) is -0.288. The van der Waals surface area contributed by atoms with E-state index in [4.69, 9.17) is 0 Å². The van der Waals surface area contributed by atoms with Gasteiger partial charge in [-0.3, -0.25) is 4.98 Å². The molecular weight excluding hydrogens is 268 g/mol. The molecule has 2 N–H and O–H groups in total. The van der Waals surface area contributed by atoms with E-state index in [0.717, 1.165) is 38.3 Å². The van der Waals surface area contributed by atoms with Crippen molar-refractivity contribution in [2.75, 3.05) is 31.6 Å². The molecule has 0 spiro atoms. The second-order valence-electron chi connectivity index (χ2n) is 5.16. The number of aromatic nitrogens is 3. The van der Waals surface area contributed by atoms with Gasteiger partial charge in [-0.1, -0.05) is 0 Å². The predicted molar refractivity (Wildman–Crippen MR) is 72.0 cm³/mol. The first kappa shape index (κ1) is 14.3. The lowest BCUT2D eigenvalue weighted by Gasteiger charge is -2.30. The molecule has 1 fully saturated rings. The molecule has 1 saturated heterocycles. The molecule has 1 aromatic rings. The Morgan fingerprint density at radius 3 is 2.58 bits per heavy atom. The van der Waals surface area contributed by atoms with Crippen molar-refractivity contribution in [3.8, 4) is 0 Å². The SMILES string of the molecule is CS(=O)(=O)CCCN1CCC(c2n[nH]c(=O)[nH]2)CC1. The van der Waals surface area contributed by atoms with Gasteiger partial charge in [0.15, 0.2) is 0 Å². The van der Waals surface area contributed by atoms with Crippen LogP contribution >= 0.6 is 0 Å². The van der Waals surface area contributed by atoms with E-state index in [9.17, 15) is 13.2 Å². The van der Waals surface area contributed by atoms with Crippen LogP contribution in [0, 0.1) is 0 Å². The van der Waals surface area contributed by atoms with Crippen molar-refractivity contribution in [1.82, 2.24) is 20.1 Å². The van der Waals surface area contributed by atoms with E-state index in [2.05, 4.69) is 20.1 Å². The molecule has 1 aliphatic heterocycles. The minimum atomic E-state index is -2.86. The van der Waals surface area contributed by atoms with Gasteiger partial charge < -0.3 is 4.90 Å². The number of sulfone groups is 1. The Morgan fingerprint density at radius 1 is 1.37 bits per heavy atom. The topological polar surface area (TPSA) is 98.9 Å². The molecule has 19 heavy (non-hydrogen) atoms. The molecule has 0 aromatic carbocycles. The van der Waals surface area contributed by atoms with Crippen LogP contribution in [0.2, 0.25) is 0 Å². The summed E-state index contributed by atoms with van der Waals surface area (Å²) in [5.74, 6) is 1.28. The Bertz CT molecular complexity index is 554. The summed E-state index contributed by atoms with van der Waals surface area (Å²) in [6.45, 7) is 2.66. The molecule has 7 nitrogen and oxygen atoms in total. The van der Waals surface area contributed by atoms with Crippen molar-refractivity contribution in [2.45, 2.75) is 25.2 Å². The number of rotatable bonds is 5. The Labute approximate surface area is 112 Å². The Balaban J connectivity index is 1.75. The number of nitrogens with one attached hydrogen (secondary N) is 2. The zero-order valence-electron chi connectivity index (χ0n) is 11.1. The zero-order chi connectivity index (χ0) is 13.9. The lowest BCUT2D eigenvalue weighted by molar-refractivity contribution is 0.210. The van der Waals surface area contributed by atoms with Crippen molar-refractivity contribution < 1.29 is 8.42 Å². The van der Waals surface area contributed by atoms with E-state index in [1.54, 1.807) is 0 Å². The molecule has 2 heterocycles. The summed E-state index contributed by atoms with van der Waals surface area (Å²) in [6.07, 6.45) is 3.84. The molecule has 0 amide bonds. The maximum Gasteiger partial charge on any atom is 0.340 e. The summed E-state index contributed by atoms with van der Waals surface area (Å²) in [5.41, 5.74) is -0.259. The molecular formula is C11H20N4O3S. The second kappa shape index (κ2) is 5.87. The van der Waals surface area contributed by atoms with Gasteiger partial charge in [0.25, 0.3) is 0 Å². The third-order valence-corrected chi connectivity index (χ3v) is 4.51. The molecule has 8 heteroatoms. The van der Waals surface area contributed by atoms with Crippen LogP contribution in [0.3, 0.4) is 0 Å². The summed E-state index contributed by atoms with van der Waals surface area (Å²) in [6, 6.07) is 0. The van der Waals surface area contributed by atoms with Crippen LogP contribution < -0.4 is 5.69 Å². The molecule has 1 aliphatic rings. The van der Waals surface area contributed by atoms with Crippen molar-refractivity contribution in [2.24, 2.45) is 0 Å². The fourth-order valence-electron chi connectivity index (χ4n) is 2.46. The lowest BCUT2D eigenvalue weighted by Crippen LogP contribution is -2.34. The molecule has 108 valence electrons. The highest BCUT2D eigenvalue weighted by Gasteiger charge is 2.22. The molecule has 0 bridgehead atoms. The average molecular weight is 288 g/mol. The Hall–Kier alpha value is -1.15. The molecule has 0 aliphatic carbocycles. The third-order valence-electron chi connectivity index (χ3n) is 3.48. The molecule has 1 aromatic heterocycles. The maximum atomic E-state index is 11.0. The van der Waals surface area contributed by atoms with Crippen LogP contribution in [0.25, 0.3) is 0 Å². The Morgan fingerprint density at radius 2 is 2.05 bits per heavy atom. The highest BCUT2D eigenvalue weighted by Crippen LogP contribution is 2.24. The highest BCUT2D eigenvalue weighted by molar-refractivity contribution is 7.90. The summed E-state index contributed by atoms with van der Waals surface area (Å²) in [4.78, 5) is 16.0. The van der Waals surface area contributed by atoms with Crippen molar-refractivity contribution in [3.63, 3.8) is 0 Å². The number of hydrogen-bond donors (Lipinski definition) is 2. The van der Waals surface area contributed by atoms with Crippen LogP contribution in [0.5, 0.6) is 0 Å². The fraction of sp³-hybridized carbons (Fsp3) is 0.818. The van der Waals surface area contributed by atoms with E-state index in [1.165, 1.54) is 6.26 Å². The normalized spacial score (nSPS) is 18.8. The van der Waals surface area contributed by atoms with Crippen LogP contribution in [0.1, 0.15) is 31.0 Å². The number of aromatic amines is 2. The minimum absolute atomic E-state index is 0.250. The van der Waals surface area contributed by atoms with E-state index in [0.29, 0.717) is 12.3 Å². The van der Waals surface area contributed by atoms with E-state index >= 15 is 0 Å². The summed E-state index contributed by atoms with van der Waals surface area (Å²) in [5, 5.41) is 6.35. The van der Waals surface area contributed by atoms with Crippen LogP contribution in [0.15, 0.2) is 4.79 Å². The van der Waals surface area contributed by atoms with Crippen LogP contribution in [-0.4, -0.2) is 60.1 Å². The summed E-state index contributed by atoms with van der Waals surface area (Å²) < 4.78 is 22.1. The first-order valence-electron chi connectivity index (χ1n) is 6.49. The van der Waals surface area contributed by atoms with Gasteiger partial charge in [0.2, 0.25) is 0 Å². The van der Waals surface area contributed by atoms with Gasteiger partial charge in [-0.15, -0.1) is 0 Å². The van der Waals surface area contributed by atoms with Crippen LogP contribution in [-0.2, 0) is 9.84 Å². The maximum absolute atomic E-state index is 11.0. The Kier molecular flexibility index (Phi) is 4.41. The molecule has 0 radical (unpaired) electrons. The first-order chi connectivity index (χ1) is 8.94. The molecule has 0 saturated carbocycles. The van der Waals surface area contributed by atoms with Crippen LogP contribution in [0.4, 0.5) is 0 Å². The fourth-order valence-corrected chi connectivity index (χ4v) is 3.11. The third kappa shape index (κ3) is 4.46. The number of hydrogen-bond acceptors (Lipinski definition) is 5. The minimum Gasteiger partial charge on any atom is -0.303 e. The number of likely N-dealkylation sites (tertiary alicyclic amines) is 1. The number of nitrogens with zero attached hydrogens (tertiary/aromatic N) is 2. The number of H-pyrrole nitrogens is 2. The van der Waals surface area contributed by atoms with E-state index in [1.807, 2.05) is 0 Å². The van der Waals surface area contributed by atoms with Gasteiger partial charge >= 0.3 is 5.69 Å². The highest BCUT2D eigenvalue weighted by atomic mass is 32.2. The summed E-state index contributed by atoms with van der Waals surface area (Å²) >= 11 is 0. The quantitative estimate of drug-likeness (QED) is 0.776. The van der Waals surface area contributed by atoms with E-state index in [-0.39, 0.29) is 11.4 Å². The molecule has 0 atom stereocenters. The van der Waals surface area contributed by atoms with Crippen molar-refractivity contribution in [3.05, 3.63) is 16.3 Å². The van der Waals surface area contributed by atoms with E-state index < -0.39 is 9.84 Å². The van der Waals surface area contributed by atoms with Crippen molar-refractivity contribution in [1.29, 1.82) is 0 Å². The molecule has 2 rings (SSSR count). The van der Waals surface area contributed by atoms with Gasteiger partial charge in [0.1, 0.15) is 15.7 Å². The van der Waals surface area contributed by atoms with Gasteiger partial charge in [0, 0.05) is 12.2 Å². The largest absolute Gasteiger partial charge is 0.340 e. The van der Waals surface area contributed by atoms with Gasteiger partial charge in [0.05, 0.1) is 5.75 Å². The van der Waals surface area contributed by atoms with Gasteiger partial charge in [-0.2, -0.15) is 5.10 Å². The number of piperidine rings is 1.